The summed E-state index contributed by atoms with van der Waals surface area (Å²) >= 11 is 0. The van der Waals surface area contributed by atoms with E-state index >= 15 is 0 Å². The normalized spacial score (nSPS) is 10.3. The number of nitrogens with one attached hydrogen (secondary N) is 2. The highest BCUT2D eigenvalue weighted by atomic mass is 19.3. The highest BCUT2D eigenvalue weighted by molar-refractivity contribution is 5.99. The fourth-order valence-electron chi connectivity index (χ4n) is 1.65. The summed E-state index contributed by atoms with van der Waals surface area (Å²) in [5.74, 6) is -0.693. The third-order valence-electron chi connectivity index (χ3n) is 2.56. The van der Waals surface area contributed by atoms with Gasteiger partial charge in [-0.3, -0.25) is 4.68 Å². The molecule has 1 aromatic heterocycles. The lowest BCUT2D eigenvalue weighted by atomic mass is 10.2. The predicted octanol–water partition coefficient (Wildman–Crippen LogP) is 2.80. The molecule has 0 radical (unpaired) electrons. The molecule has 2 aromatic rings. The van der Waals surface area contributed by atoms with E-state index in [0.717, 1.165) is 10.7 Å². The summed E-state index contributed by atoms with van der Waals surface area (Å²) in [5.41, 5.74) is 0.235. The average molecular weight is 309 g/mol. The highest BCUT2D eigenvalue weighted by Crippen LogP contribution is 2.14. The Labute approximate surface area is 123 Å². The van der Waals surface area contributed by atoms with E-state index in [1.807, 2.05) is 0 Å². The van der Waals surface area contributed by atoms with Crippen LogP contribution >= 0.6 is 0 Å². The van der Waals surface area contributed by atoms with Crippen molar-refractivity contribution < 1.29 is 18.0 Å². The lowest BCUT2D eigenvalue weighted by Gasteiger charge is -2.06. The van der Waals surface area contributed by atoms with E-state index in [1.54, 1.807) is 6.07 Å². The molecule has 2 amide bonds. The fourth-order valence-corrected chi connectivity index (χ4v) is 1.65. The van der Waals surface area contributed by atoms with Crippen LogP contribution in [-0.4, -0.2) is 22.2 Å². The summed E-state index contributed by atoms with van der Waals surface area (Å²) in [5, 5.41) is 17.1. The summed E-state index contributed by atoms with van der Waals surface area (Å²) in [6.07, 6.45) is -0.0880. The van der Waals surface area contributed by atoms with Gasteiger partial charge in [0.15, 0.2) is 0 Å². The van der Waals surface area contributed by atoms with Gasteiger partial charge in [0.1, 0.15) is 18.4 Å². The van der Waals surface area contributed by atoms with Crippen molar-refractivity contribution in [1.82, 2.24) is 9.78 Å². The topological polar surface area (TPSA) is 82.7 Å². The molecule has 22 heavy (non-hydrogen) atoms. The first kappa shape index (κ1) is 15.4. The number of nitrogens with zero attached hydrogens (tertiary/aromatic N) is 3. The lowest BCUT2D eigenvalue weighted by Crippen LogP contribution is -2.19. The Hall–Kier alpha value is -3.02. The van der Waals surface area contributed by atoms with Crippen molar-refractivity contribution in [3.63, 3.8) is 0 Å². The zero-order valence-corrected chi connectivity index (χ0v) is 11.1. The van der Waals surface area contributed by atoms with Crippen LogP contribution in [0.4, 0.5) is 29.3 Å². The van der Waals surface area contributed by atoms with Crippen LogP contribution in [0, 0.1) is 17.1 Å². The van der Waals surface area contributed by atoms with Gasteiger partial charge in [0, 0.05) is 11.9 Å². The third-order valence-corrected chi connectivity index (χ3v) is 2.56. The van der Waals surface area contributed by atoms with Gasteiger partial charge in [-0.05, 0) is 18.2 Å². The fraction of sp³-hybridized carbons (Fsp3) is 0.154. The Kier molecular flexibility index (Phi) is 4.63. The maximum atomic E-state index is 13.1. The summed E-state index contributed by atoms with van der Waals surface area (Å²) in [6, 6.07) is 4.49. The van der Waals surface area contributed by atoms with E-state index in [1.165, 1.54) is 24.5 Å². The van der Waals surface area contributed by atoms with Gasteiger partial charge in [0.25, 0.3) is 6.43 Å². The van der Waals surface area contributed by atoms with Crippen molar-refractivity contribution in [2.45, 2.75) is 13.0 Å². The zero-order valence-electron chi connectivity index (χ0n) is 11.1. The molecule has 9 heteroatoms. The SMILES string of the molecule is N#Cc1cc(NC(=O)Nc2cnn(CC(F)F)c2)ccc1F. The number of aromatic nitrogens is 2. The summed E-state index contributed by atoms with van der Waals surface area (Å²) in [7, 11) is 0. The largest absolute Gasteiger partial charge is 0.323 e. The van der Waals surface area contributed by atoms with Crippen molar-refractivity contribution in [3.05, 3.63) is 42.0 Å². The number of amides is 2. The molecule has 0 saturated heterocycles. The molecule has 0 aliphatic heterocycles. The predicted molar refractivity (Wildman–Crippen MR) is 72.0 cm³/mol. The van der Waals surface area contributed by atoms with Crippen molar-refractivity contribution >= 4 is 17.4 Å². The second-order valence-electron chi connectivity index (χ2n) is 4.23. The van der Waals surface area contributed by atoms with Crippen LogP contribution in [-0.2, 0) is 6.54 Å². The van der Waals surface area contributed by atoms with Crippen molar-refractivity contribution in [2.75, 3.05) is 10.6 Å². The number of rotatable bonds is 4. The first-order valence-electron chi connectivity index (χ1n) is 6.06. The summed E-state index contributed by atoms with van der Waals surface area (Å²) < 4.78 is 38.5. The molecule has 1 aromatic carbocycles. The number of urea groups is 1. The zero-order chi connectivity index (χ0) is 16.1. The molecule has 0 atom stereocenters. The quantitative estimate of drug-likeness (QED) is 0.911. The Morgan fingerprint density at radius 1 is 1.36 bits per heavy atom. The van der Waals surface area contributed by atoms with Gasteiger partial charge in [0.05, 0.1) is 17.4 Å². The Morgan fingerprint density at radius 3 is 2.77 bits per heavy atom. The van der Waals surface area contributed by atoms with Gasteiger partial charge >= 0.3 is 6.03 Å². The lowest BCUT2D eigenvalue weighted by molar-refractivity contribution is 0.122. The minimum atomic E-state index is -2.55. The molecule has 0 unspecified atom stereocenters. The molecule has 2 rings (SSSR count). The van der Waals surface area contributed by atoms with E-state index in [2.05, 4.69) is 15.7 Å². The van der Waals surface area contributed by atoms with Crippen molar-refractivity contribution in [3.8, 4) is 6.07 Å². The van der Waals surface area contributed by atoms with Crippen LogP contribution in [0.1, 0.15) is 5.56 Å². The van der Waals surface area contributed by atoms with Crippen LogP contribution in [0.15, 0.2) is 30.6 Å². The maximum Gasteiger partial charge on any atom is 0.323 e. The summed E-state index contributed by atoms with van der Waals surface area (Å²) in [4.78, 5) is 11.7. The number of nitriles is 1. The Morgan fingerprint density at radius 2 is 2.09 bits per heavy atom. The van der Waals surface area contributed by atoms with Gasteiger partial charge in [-0.25, -0.2) is 18.0 Å². The number of benzene rings is 1. The summed E-state index contributed by atoms with van der Waals surface area (Å²) in [6.45, 7) is -0.577. The van der Waals surface area contributed by atoms with E-state index < -0.39 is 24.8 Å². The van der Waals surface area contributed by atoms with Gasteiger partial charge < -0.3 is 10.6 Å². The van der Waals surface area contributed by atoms with Crippen LogP contribution < -0.4 is 10.6 Å². The monoisotopic (exact) mass is 309 g/mol. The highest BCUT2D eigenvalue weighted by Gasteiger charge is 2.09. The molecule has 0 aliphatic rings. The molecule has 0 fully saturated rings. The van der Waals surface area contributed by atoms with Crippen molar-refractivity contribution in [2.24, 2.45) is 0 Å². The molecule has 1 heterocycles. The number of anilines is 2. The van der Waals surface area contributed by atoms with E-state index in [9.17, 15) is 18.0 Å². The van der Waals surface area contributed by atoms with Gasteiger partial charge in [-0.1, -0.05) is 0 Å². The molecule has 114 valence electrons. The van der Waals surface area contributed by atoms with Crippen molar-refractivity contribution in [1.29, 1.82) is 5.26 Å². The first-order valence-corrected chi connectivity index (χ1v) is 6.06. The molecule has 0 spiro atoms. The first-order chi connectivity index (χ1) is 10.5. The van der Waals surface area contributed by atoms with Gasteiger partial charge in [0.2, 0.25) is 0 Å². The minimum Gasteiger partial charge on any atom is -0.308 e. The third kappa shape index (κ3) is 3.99. The van der Waals surface area contributed by atoms with Gasteiger partial charge in [-0.15, -0.1) is 0 Å². The van der Waals surface area contributed by atoms with Crippen LogP contribution in [0.25, 0.3) is 0 Å². The number of hydrogen-bond donors (Lipinski definition) is 2. The Bertz CT molecular complexity index is 723. The van der Waals surface area contributed by atoms with Crippen LogP contribution in [0.2, 0.25) is 0 Å². The number of carbonyl (C=O) groups excluding carboxylic acids is 1. The number of halogens is 3. The average Bonchev–Trinajstić information content (AvgIpc) is 2.87. The minimum absolute atomic E-state index is 0.206. The molecule has 0 saturated carbocycles. The van der Waals surface area contributed by atoms with Crippen LogP contribution in [0.5, 0.6) is 0 Å². The number of alkyl halides is 2. The molecular weight excluding hydrogens is 299 g/mol. The second kappa shape index (κ2) is 6.62. The number of carbonyl (C=O) groups is 1. The van der Waals surface area contributed by atoms with E-state index in [4.69, 9.17) is 5.26 Å². The number of hydrogen-bond acceptors (Lipinski definition) is 3. The molecular formula is C13H10F3N5O. The Balaban J connectivity index is 1.98. The maximum absolute atomic E-state index is 13.1. The van der Waals surface area contributed by atoms with E-state index in [-0.39, 0.29) is 16.9 Å². The second-order valence-corrected chi connectivity index (χ2v) is 4.23. The van der Waals surface area contributed by atoms with Crippen LogP contribution in [0.3, 0.4) is 0 Å². The van der Waals surface area contributed by atoms with Gasteiger partial charge in [-0.2, -0.15) is 10.4 Å². The molecule has 6 nitrogen and oxygen atoms in total. The molecule has 2 N–H and O–H groups in total. The van der Waals surface area contributed by atoms with E-state index in [0.29, 0.717) is 0 Å². The standard InChI is InChI=1S/C13H10F3N5O/c14-11-2-1-9(3-8(11)4-17)19-13(22)20-10-5-18-21(6-10)7-12(15)16/h1-3,5-6,12H,7H2,(H2,19,20,22). The molecule has 0 bridgehead atoms. The molecule has 0 aliphatic carbocycles. The smallest absolute Gasteiger partial charge is 0.308 e.